The first-order valence-electron chi connectivity index (χ1n) is 5.08. The molecule has 8 heteroatoms. The van der Waals surface area contributed by atoms with E-state index in [-0.39, 0.29) is 15.7 Å². The van der Waals surface area contributed by atoms with E-state index in [0.29, 0.717) is 5.82 Å². The van der Waals surface area contributed by atoms with Crippen LogP contribution in [0.2, 0.25) is 0 Å². The van der Waals surface area contributed by atoms with Gasteiger partial charge in [-0.25, -0.2) is 13.4 Å². The molecule has 18 heavy (non-hydrogen) atoms. The third kappa shape index (κ3) is 2.59. The zero-order chi connectivity index (χ0) is 13.3. The van der Waals surface area contributed by atoms with Gasteiger partial charge in [-0.1, -0.05) is 6.07 Å². The molecule has 0 saturated carbocycles. The fourth-order valence-corrected chi connectivity index (χ4v) is 3.33. The van der Waals surface area contributed by atoms with Crippen molar-refractivity contribution in [3.05, 3.63) is 29.6 Å². The highest BCUT2D eigenvalue weighted by molar-refractivity contribution is 7.93. The number of anilines is 2. The van der Waals surface area contributed by atoms with Crippen LogP contribution in [0, 0.1) is 13.8 Å². The summed E-state index contributed by atoms with van der Waals surface area (Å²) in [5.41, 5.74) is 6.83. The van der Waals surface area contributed by atoms with Gasteiger partial charge >= 0.3 is 0 Å². The molecule has 1 aromatic heterocycles. The smallest absolute Gasteiger partial charge is 0.265 e. The Morgan fingerprint density at radius 2 is 2.06 bits per heavy atom. The van der Waals surface area contributed by atoms with E-state index in [0.717, 1.165) is 17.1 Å². The van der Waals surface area contributed by atoms with E-state index in [4.69, 9.17) is 5.73 Å². The molecule has 0 amide bonds. The summed E-state index contributed by atoms with van der Waals surface area (Å²) < 4.78 is 30.4. The van der Waals surface area contributed by atoms with Crippen molar-refractivity contribution in [1.82, 2.24) is 9.36 Å². The van der Waals surface area contributed by atoms with Gasteiger partial charge in [0.1, 0.15) is 10.7 Å². The second-order valence-corrected chi connectivity index (χ2v) is 6.20. The molecule has 0 aliphatic carbocycles. The lowest BCUT2D eigenvalue weighted by Gasteiger charge is -2.08. The van der Waals surface area contributed by atoms with Crippen molar-refractivity contribution >= 4 is 32.4 Å². The summed E-state index contributed by atoms with van der Waals surface area (Å²) in [7, 11) is -3.71. The van der Waals surface area contributed by atoms with Crippen LogP contribution in [-0.4, -0.2) is 17.8 Å². The Morgan fingerprint density at radius 3 is 2.61 bits per heavy atom. The van der Waals surface area contributed by atoms with E-state index < -0.39 is 10.0 Å². The third-order valence-electron chi connectivity index (χ3n) is 2.20. The van der Waals surface area contributed by atoms with Crippen LogP contribution in [0.15, 0.2) is 23.1 Å². The van der Waals surface area contributed by atoms with Gasteiger partial charge in [0, 0.05) is 11.5 Å². The van der Waals surface area contributed by atoms with Crippen molar-refractivity contribution in [3.8, 4) is 0 Å². The SMILES string of the molecule is Cc1ccc(S(=O)(=O)Nc2nc(C)ns2)c(N)c1. The number of benzene rings is 1. The second-order valence-electron chi connectivity index (χ2n) is 3.79. The summed E-state index contributed by atoms with van der Waals surface area (Å²) in [6.45, 7) is 3.53. The monoisotopic (exact) mass is 284 g/mol. The van der Waals surface area contributed by atoms with Gasteiger partial charge in [-0.3, -0.25) is 4.72 Å². The summed E-state index contributed by atoms with van der Waals surface area (Å²) in [6, 6.07) is 4.77. The molecular formula is C10H12N4O2S2. The number of nitrogens with two attached hydrogens (primary N) is 1. The van der Waals surface area contributed by atoms with Gasteiger partial charge in [-0.15, -0.1) is 0 Å². The first-order valence-corrected chi connectivity index (χ1v) is 7.33. The zero-order valence-electron chi connectivity index (χ0n) is 9.84. The van der Waals surface area contributed by atoms with Gasteiger partial charge in [0.25, 0.3) is 10.0 Å². The van der Waals surface area contributed by atoms with Crippen molar-refractivity contribution in [2.24, 2.45) is 0 Å². The highest BCUT2D eigenvalue weighted by Gasteiger charge is 2.19. The molecule has 0 radical (unpaired) electrons. The van der Waals surface area contributed by atoms with Crippen LogP contribution < -0.4 is 10.5 Å². The molecule has 0 fully saturated rings. The lowest BCUT2D eigenvalue weighted by atomic mass is 10.2. The second kappa shape index (κ2) is 4.54. The fourth-order valence-electron chi connectivity index (χ4n) is 1.42. The van der Waals surface area contributed by atoms with E-state index in [9.17, 15) is 8.42 Å². The molecule has 0 aliphatic rings. The minimum absolute atomic E-state index is 0.0425. The van der Waals surface area contributed by atoms with Crippen LogP contribution in [0.25, 0.3) is 0 Å². The molecule has 0 saturated heterocycles. The maximum Gasteiger partial charge on any atom is 0.265 e. The summed E-state index contributed by atoms with van der Waals surface area (Å²) in [4.78, 5) is 3.99. The van der Waals surface area contributed by atoms with Crippen LogP contribution in [0.1, 0.15) is 11.4 Å². The number of aromatic nitrogens is 2. The summed E-state index contributed by atoms with van der Waals surface area (Å²) in [5.74, 6) is 0.523. The normalized spacial score (nSPS) is 11.4. The van der Waals surface area contributed by atoms with Gasteiger partial charge in [0.15, 0.2) is 0 Å². The van der Waals surface area contributed by atoms with Gasteiger partial charge in [-0.2, -0.15) is 4.37 Å². The third-order valence-corrected chi connectivity index (χ3v) is 4.47. The lowest BCUT2D eigenvalue weighted by molar-refractivity contribution is 0.601. The molecule has 96 valence electrons. The standard InChI is InChI=1S/C10H12N4O2S2/c1-6-3-4-9(8(11)5-6)18(15,16)14-10-12-7(2)13-17-10/h3-5H,11H2,1-2H3,(H,12,13,14). The maximum absolute atomic E-state index is 12.1. The summed E-state index contributed by atoms with van der Waals surface area (Å²) in [6.07, 6.45) is 0. The van der Waals surface area contributed by atoms with E-state index in [1.54, 1.807) is 19.1 Å². The number of rotatable bonds is 3. The Bertz CT molecular complexity index is 679. The molecule has 3 N–H and O–H groups in total. The van der Waals surface area contributed by atoms with Crippen molar-refractivity contribution < 1.29 is 8.42 Å². The van der Waals surface area contributed by atoms with Crippen molar-refractivity contribution in [2.45, 2.75) is 18.7 Å². The topological polar surface area (TPSA) is 98.0 Å². The molecule has 1 aromatic carbocycles. The van der Waals surface area contributed by atoms with Gasteiger partial charge in [0.05, 0.1) is 5.69 Å². The average Bonchev–Trinajstić information content (AvgIpc) is 2.62. The first kappa shape index (κ1) is 12.8. The molecule has 0 bridgehead atoms. The number of hydrogen-bond acceptors (Lipinski definition) is 6. The Hall–Kier alpha value is -1.67. The Kier molecular flexibility index (Phi) is 3.22. The Labute approximate surface area is 109 Å². The average molecular weight is 284 g/mol. The van der Waals surface area contributed by atoms with E-state index >= 15 is 0 Å². The lowest BCUT2D eigenvalue weighted by Crippen LogP contribution is -2.14. The number of nitrogen functional groups attached to an aromatic ring is 1. The molecule has 2 aromatic rings. The van der Waals surface area contributed by atoms with E-state index in [1.165, 1.54) is 6.07 Å². The fraction of sp³-hybridized carbons (Fsp3) is 0.200. The number of nitrogens with one attached hydrogen (secondary N) is 1. The highest BCUT2D eigenvalue weighted by Crippen LogP contribution is 2.23. The Morgan fingerprint density at radius 1 is 1.33 bits per heavy atom. The highest BCUT2D eigenvalue weighted by atomic mass is 32.2. The molecule has 2 rings (SSSR count). The molecule has 1 heterocycles. The van der Waals surface area contributed by atoms with Crippen LogP contribution in [0.3, 0.4) is 0 Å². The van der Waals surface area contributed by atoms with Gasteiger partial charge in [0.2, 0.25) is 5.13 Å². The predicted molar refractivity (Wildman–Crippen MR) is 71.0 cm³/mol. The maximum atomic E-state index is 12.1. The van der Waals surface area contributed by atoms with E-state index in [1.807, 2.05) is 6.92 Å². The molecule has 0 unspecified atom stereocenters. The number of sulfonamides is 1. The quantitative estimate of drug-likeness (QED) is 0.833. The van der Waals surface area contributed by atoms with Gasteiger partial charge < -0.3 is 5.73 Å². The molecule has 0 aliphatic heterocycles. The summed E-state index contributed by atoms with van der Waals surface area (Å²) >= 11 is 0.988. The Balaban J connectivity index is 2.36. The van der Waals surface area contributed by atoms with Crippen LogP contribution in [0.5, 0.6) is 0 Å². The van der Waals surface area contributed by atoms with Crippen molar-refractivity contribution in [1.29, 1.82) is 0 Å². The number of nitrogens with zero attached hydrogens (tertiary/aromatic N) is 2. The number of aryl methyl sites for hydroxylation is 2. The minimum Gasteiger partial charge on any atom is -0.398 e. The van der Waals surface area contributed by atoms with Gasteiger partial charge in [-0.05, 0) is 31.5 Å². The zero-order valence-corrected chi connectivity index (χ0v) is 11.5. The molecule has 6 nitrogen and oxygen atoms in total. The predicted octanol–water partition coefficient (Wildman–Crippen LogP) is 1.54. The van der Waals surface area contributed by atoms with Crippen LogP contribution >= 0.6 is 11.5 Å². The first-order chi connectivity index (χ1) is 8.38. The van der Waals surface area contributed by atoms with Crippen molar-refractivity contribution in [3.63, 3.8) is 0 Å². The minimum atomic E-state index is -3.71. The molecular weight excluding hydrogens is 272 g/mol. The molecule has 0 atom stereocenters. The summed E-state index contributed by atoms with van der Waals surface area (Å²) in [5, 5.41) is 0.229. The van der Waals surface area contributed by atoms with E-state index in [2.05, 4.69) is 14.1 Å². The van der Waals surface area contributed by atoms with Crippen molar-refractivity contribution in [2.75, 3.05) is 10.5 Å². The largest absolute Gasteiger partial charge is 0.398 e. The van der Waals surface area contributed by atoms with Crippen LogP contribution in [0.4, 0.5) is 10.8 Å². The molecule has 0 spiro atoms. The van der Waals surface area contributed by atoms with Crippen LogP contribution in [-0.2, 0) is 10.0 Å². The number of hydrogen-bond donors (Lipinski definition) is 2.